The Kier molecular flexibility index (Phi) is 4.43. The van der Waals surface area contributed by atoms with E-state index >= 15 is 0 Å². The number of fused-ring (bicyclic) bond motifs is 4. The Morgan fingerprint density at radius 2 is 1.33 bits per heavy atom. The summed E-state index contributed by atoms with van der Waals surface area (Å²) in [6.07, 6.45) is 0. The molecule has 4 aromatic carbocycles. The van der Waals surface area contributed by atoms with E-state index in [1.54, 1.807) is 23.5 Å². The standard InChI is InChI=1S/C24H14Cl2N2S2/c25-14-9-10-23-20(11-14)28(18-6-2-4-8-22(18)30-23)19-13-24-17(12-15(19)26)27-16-5-1-3-7-21(16)29-24/h1-13,27H. The number of rotatable bonds is 1. The lowest BCUT2D eigenvalue weighted by atomic mass is 10.1. The number of nitrogens with zero attached hydrogens (tertiary/aromatic N) is 1. The number of benzene rings is 4. The summed E-state index contributed by atoms with van der Waals surface area (Å²) >= 11 is 16.8. The van der Waals surface area contributed by atoms with Crippen LogP contribution in [0.3, 0.4) is 0 Å². The van der Waals surface area contributed by atoms with E-state index in [1.807, 2.05) is 24.3 Å². The van der Waals surface area contributed by atoms with Crippen LogP contribution in [0.5, 0.6) is 0 Å². The van der Waals surface area contributed by atoms with E-state index in [-0.39, 0.29) is 0 Å². The average Bonchev–Trinajstić information content (AvgIpc) is 2.76. The van der Waals surface area contributed by atoms with Crippen LogP contribution in [-0.4, -0.2) is 0 Å². The molecule has 2 aliphatic heterocycles. The lowest BCUT2D eigenvalue weighted by Gasteiger charge is -2.34. The maximum absolute atomic E-state index is 6.86. The molecule has 0 radical (unpaired) electrons. The molecule has 2 aliphatic rings. The molecular formula is C24H14Cl2N2S2. The summed E-state index contributed by atoms with van der Waals surface area (Å²) in [6.45, 7) is 0. The molecule has 1 N–H and O–H groups in total. The molecule has 0 aromatic heterocycles. The van der Waals surface area contributed by atoms with Gasteiger partial charge in [-0.25, -0.2) is 0 Å². The fraction of sp³-hybridized carbons (Fsp3) is 0. The van der Waals surface area contributed by atoms with E-state index in [0.29, 0.717) is 10.0 Å². The molecule has 0 saturated heterocycles. The monoisotopic (exact) mass is 464 g/mol. The Morgan fingerprint density at radius 3 is 2.23 bits per heavy atom. The minimum absolute atomic E-state index is 0.689. The summed E-state index contributed by atoms with van der Waals surface area (Å²) in [6, 6.07) is 26.9. The molecule has 0 aliphatic carbocycles. The summed E-state index contributed by atoms with van der Waals surface area (Å²) in [5.74, 6) is 0. The normalized spacial score (nSPS) is 13.6. The fourth-order valence-electron chi connectivity index (χ4n) is 3.81. The highest BCUT2D eigenvalue weighted by atomic mass is 35.5. The maximum atomic E-state index is 6.86. The van der Waals surface area contributed by atoms with E-state index in [9.17, 15) is 0 Å². The van der Waals surface area contributed by atoms with Gasteiger partial charge in [0.25, 0.3) is 0 Å². The fourth-order valence-corrected chi connectivity index (χ4v) is 6.26. The van der Waals surface area contributed by atoms with E-state index in [2.05, 4.69) is 64.8 Å². The predicted molar refractivity (Wildman–Crippen MR) is 129 cm³/mol. The molecule has 6 rings (SSSR count). The summed E-state index contributed by atoms with van der Waals surface area (Å²) in [5, 5.41) is 4.90. The molecule has 30 heavy (non-hydrogen) atoms. The lowest BCUT2D eigenvalue weighted by Crippen LogP contribution is -2.15. The molecule has 0 amide bonds. The van der Waals surface area contributed by atoms with E-state index in [4.69, 9.17) is 23.2 Å². The van der Waals surface area contributed by atoms with E-state index in [0.717, 1.165) is 38.2 Å². The van der Waals surface area contributed by atoms with Crippen LogP contribution < -0.4 is 10.2 Å². The van der Waals surface area contributed by atoms with Gasteiger partial charge in [-0.1, -0.05) is 71.0 Å². The van der Waals surface area contributed by atoms with Crippen molar-refractivity contribution in [3.05, 3.63) is 88.9 Å². The summed E-state index contributed by atoms with van der Waals surface area (Å²) < 4.78 is 0. The van der Waals surface area contributed by atoms with Gasteiger partial charge < -0.3 is 10.2 Å². The zero-order valence-corrected chi connectivity index (χ0v) is 18.7. The molecule has 146 valence electrons. The molecular weight excluding hydrogens is 451 g/mol. The molecule has 0 fully saturated rings. The average molecular weight is 465 g/mol. The summed E-state index contributed by atoms with van der Waals surface area (Å²) in [5.41, 5.74) is 5.23. The van der Waals surface area contributed by atoms with Crippen molar-refractivity contribution in [3.63, 3.8) is 0 Å². The van der Waals surface area contributed by atoms with Crippen molar-refractivity contribution in [1.29, 1.82) is 0 Å². The van der Waals surface area contributed by atoms with Crippen LogP contribution in [0, 0.1) is 0 Å². The molecule has 4 aromatic rings. The molecule has 2 nitrogen and oxygen atoms in total. The second-order valence-corrected chi connectivity index (χ2v) is 10.1. The van der Waals surface area contributed by atoms with Crippen molar-refractivity contribution in [3.8, 4) is 0 Å². The number of para-hydroxylation sites is 2. The maximum Gasteiger partial charge on any atom is 0.0668 e. The van der Waals surface area contributed by atoms with Crippen LogP contribution in [0.15, 0.2) is 98.4 Å². The first kappa shape index (κ1) is 18.5. The van der Waals surface area contributed by atoms with Gasteiger partial charge in [0.05, 0.1) is 33.5 Å². The third-order valence-corrected chi connectivity index (χ3v) is 7.96. The number of halogens is 2. The van der Waals surface area contributed by atoms with Crippen molar-refractivity contribution in [2.45, 2.75) is 19.6 Å². The van der Waals surface area contributed by atoms with Crippen LogP contribution in [0.25, 0.3) is 0 Å². The Bertz CT molecular complexity index is 1320. The van der Waals surface area contributed by atoms with E-state index < -0.39 is 0 Å². The second kappa shape index (κ2) is 7.17. The van der Waals surface area contributed by atoms with Crippen molar-refractivity contribution >= 4 is 75.2 Å². The molecule has 6 heteroatoms. The van der Waals surface area contributed by atoms with Gasteiger partial charge in [-0.3, -0.25) is 0 Å². The smallest absolute Gasteiger partial charge is 0.0668 e. The van der Waals surface area contributed by atoms with Crippen LogP contribution in [0.2, 0.25) is 10.0 Å². The first-order chi connectivity index (χ1) is 14.7. The van der Waals surface area contributed by atoms with Crippen molar-refractivity contribution in [2.24, 2.45) is 0 Å². The van der Waals surface area contributed by atoms with E-state index in [1.165, 1.54) is 9.79 Å². The molecule has 0 saturated carbocycles. The molecule has 0 atom stereocenters. The van der Waals surface area contributed by atoms with Crippen LogP contribution in [0.4, 0.5) is 28.4 Å². The predicted octanol–water partition coefficient (Wildman–Crippen LogP) is 9.14. The zero-order valence-electron chi connectivity index (χ0n) is 15.5. The largest absolute Gasteiger partial charge is 0.354 e. The topological polar surface area (TPSA) is 15.3 Å². The van der Waals surface area contributed by atoms with Crippen LogP contribution in [-0.2, 0) is 0 Å². The number of hydrogen-bond acceptors (Lipinski definition) is 4. The van der Waals surface area contributed by atoms with Gasteiger partial charge >= 0.3 is 0 Å². The number of hydrogen-bond donors (Lipinski definition) is 1. The highest BCUT2D eigenvalue weighted by molar-refractivity contribution is 8.00. The quantitative estimate of drug-likeness (QED) is 0.260. The third kappa shape index (κ3) is 2.98. The highest BCUT2D eigenvalue weighted by Crippen LogP contribution is 2.55. The van der Waals surface area contributed by atoms with Gasteiger partial charge in [-0.05, 0) is 54.6 Å². The van der Waals surface area contributed by atoms with Crippen molar-refractivity contribution in [2.75, 3.05) is 10.2 Å². The molecule has 0 bridgehead atoms. The summed E-state index contributed by atoms with van der Waals surface area (Å²) in [7, 11) is 0. The highest BCUT2D eigenvalue weighted by Gasteiger charge is 2.28. The zero-order chi connectivity index (χ0) is 20.2. The molecule has 2 heterocycles. The molecule has 0 spiro atoms. The van der Waals surface area contributed by atoms with Crippen molar-refractivity contribution < 1.29 is 0 Å². The molecule has 0 unspecified atom stereocenters. The van der Waals surface area contributed by atoms with Gasteiger partial charge in [0.1, 0.15) is 0 Å². The Balaban J connectivity index is 1.55. The van der Waals surface area contributed by atoms with Gasteiger partial charge in [0.15, 0.2) is 0 Å². The Labute approximate surface area is 193 Å². The first-order valence-corrected chi connectivity index (χ1v) is 11.8. The number of nitrogens with one attached hydrogen (secondary N) is 1. The summed E-state index contributed by atoms with van der Waals surface area (Å²) in [4.78, 5) is 6.92. The Hall–Kier alpha value is -2.24. The Morgan fingerprint density at radius 1 is 0.600 bits per heavy atom. The van der Waals surface area contributed by atoms with Crippen LogP contribution in [0.1, 0.15) is 0 Å². The second-order valence-electron chi connectivity index (χ2n) is 7.04. The first-order valence-electron chi connectivity index (χ1n) is 9.41. The van der Waals surface area contributed by atoms with Gasteiger partial charge in [-0.15, -0.1) is 0 Å². The minimum atomic E-state index is 0.689. The van der Waals surface area contributed by atoms with Gasteiger partial charge in [-0.2, -0.15) is 0 Å². The van der Waals surface area contributed by atoms with Gasteiger partial charge in [0.2, 0.25) is 0 Å². The minimum Gasteiger partial charge on any atom is -0.354 e. The SMILES string of the molecule is Clc1ccc2c(c1)N(c1cc3c(cc1Cl)Nc1ccccc1S3)c1ccccc1S2. The van der Waals surface area contributed by atoms with Crippen LogP contribution >= 0.6 is 46.7 Å². The lowest BCUT2D eigenvalue weighted by molar-refractivity contribution is 1.16. The third-order valence-electron chi connectivity index (χ3n) is 5.15. The van der Waals surface area contributed by atoms with Crippen molar-refractivity contribution in [1.82, 2.24) is 0 Å². The number of anilines is 5. The van der Waals surface area contributed by atoms with Gasteiger partial charge in [0, 0.05) is 24.6 Å².